The van der Waals surface area contributed by atoms with Gasteiger partial charge < -0.3 is 19.6 Å². The van der Waals surface area contributed by atoms with Crippen molar-refractivity contribution in [2.75, 3.05) is 26.7 Å². The molecule has 3 aromatic heterocycles. The van der Waals surface area contributed by atoms with Crippen LogP contribution < -0.4 is 10.1 Å². The molecule has 2 N–H and O–H groups in total. The lowest BCUT2D eigenvalue weighted by Crippen LogP contribution is -2.53. The van der Waals surface area contributed by atoms with Gasteiger partial charge in [0.15, 0.2) is 5.78 Å². The molecular formula is C28H33N5O2. The van der Waals surface area contributed by atoms with Gasteiger partial charge in [0.05, 0.1) is 19.7 Å². The molecule has 1 unspecified atom stereocenters. The minimum Gasteiger partial charge on any atom is -0.497 e. The highest BCUT2D eigenvalue weighted by Crippen LogP contribution is 2.34. The number of likely N-dealkylation sites (tertiary alicyclic amines) is 1. The van der Waals surface area contributed by atoms with Gasteiger partial charge in [-0.25, -0.2) is 4.98 Å². The fourth-order valence-electron chi connectivity index (χ4n) is 6.00. The molecule has 2 aliphatic heterocycles. The Morgan fingerprint density at radius 1 is 1.14 bits per heavy atom. The van der Waals surface area contributed by atoms with Crippen molar-refractivity contribution in [1.82, 2.24) is 24.8 Å². The van der Waals surface area contributed by atoms with Gasteiger partial charge in [-0.15, -0.1) is 0 Å². The number of nitrogens with zero attached hydrogens (tertiary/aromatic N) is 3. The first-order valence-corrected chi connectivity index (χ1v) is 12.8. The molecule has 7 nitrogen and oxygen atoms in total. The number of piperidine rings is 2. The summed E-state index contributed by atoms with van der Waals surface area (Å²) >= 11 is 0. The molecule has 1 atom stereocenters. The molecule has 7 heteroatoms. The average molecular weight is 472 g/mol. The molecule has 4 aromatic rings. The Morgan fingerprint density at radius 3 is 2.86 bits per heavy atom. The van der Waals surface area contributed by atoms with Gasteiger partial charge in [0, 0.05) is 46.0 Å². The quantitative estimate of drug-likeness (QED) is 0.437. The number of fused-ring (bicyclic) bond motifs is 2. The van der Waals surface area contributed by atoms with E-state index in [9.17, 15) is 4.79 Å². The predicted octanol–water partition coefficient (Wildman–Crippen LogP) is 4.37. The highest BCUT2D eigenvalue weighted by Gasteiger charge is 2.34. The number of hydrogen-bond acceptors (Lipinski definition) is 5. The Hall–Kier alpha value is -3.16. The summed E-state index contributed by atoms with van der Waals surface area (Å²) in [4.78, 5) is 24.2. The van der Waals surface area contributed by atoms with Crippen molar-refractivity contribution >= 4 is 27.7 Å². The molecule has 0 bridgehead atoms. The first kappa shape index (κ1) is 22.3. The van der Waals surface area contributed by atoms with E-state index in [4.69, 9.17) is 4.74 Å². The van der Waals surface area contributed by atoms with E-state index in [1.807, 2.05) is 12.1 Å². The Kier molecular flexibility index (Phi) is 6.04. The Balaban J connectivity index is 1.35. The van der Waals surface area contributed by atoms with E-state index in [0.717, 1.165) is 84.3 Å². The number of ketones is 1. The molecule has 0 radical (unpaired) electrons. The molecule has 2 saturated heterocycles. The van der Waals surface area contributed by atoms with E-state index in [1.54, 1.807) is 13.3 Å². The van der Waals surface area contributed by atoms with Gasteiger partial charge in [0.1, 0.15) is 11.4 Å². The van der Waals surface area contributed by atoms with Crippen LogP contribution in [0.15, 0.2) is 48.8 Å². The second kappa shape index (κ2) is 9.47. The van der Waals surface area contributed by atoms with E-state index in [-0.39, 0.29) is 6.04 Å². The molecule has 1 aromatic carbocycles. The zero-order valence-corrected chi connectivity index (χ0v) is 20.3. The van der Waals surface area contributed by atoms with Crippen LogP contribution in [0.1, 0.15) is 32.1 Å². The highest BCUT2D eigenvalue weighted by atomic mass is 16.5. The molecular weight excluding hydrogens is 438 g/mol. The molecule has 6 rings (SSSR count). The van der Waals surface area contributed by atoms with Crippen molar-refractivity contribution in [3.05, 3.63) is 48.8 Å². The molecule has 182 valence electrons. The van der Waals surface area contributed by atoms with E-state index < -0.39 is 0 Å². The van der Waals surface area contributed by atoms with Gasteiger partial charge in [-0.05, 0) is 81.7 Å². The Labute approximate surface area is 205 Å². The number of rotatable bonds is 6. The summed E-state index contributed by atoms with van der Waals surface area (Å²) in [6, 6.07) is 12.8. The third kappa shape index (κ3) is 4.23. The van der Waals surface area contributed by atoms with Crippen molar-refractivity contribution in [2.45, 2.75) is 50.7 Å². The maximum atomic E-state index is 13.8. The van der Waals surface area contributed by atoms with Gasteiger partial charge in [-0.2, -0.15) is 0 Å². The largest absolute Gasteiger partial charge is 0.497 e. The molecule has 5 heterocycles. The number of nitrogens with one attached hydrogen (secondary N) is 2. The second-order valence-corrected chi connectivity index (χ2v) is 9.87. The monoisotopic (exact) mass is 471 g/mol. The zero-order valence-electron chi connectivity index (χ0n) is 20.3. The number of ether oxygens (including phenoxy) is 1. The third-order valence-electron chi connectivity index (χ3n) is 7.79. The molecule has 2 fully saturated rings. The number of Topliss-reactive ketones (excluding diaryl/α,β-unsaturated/α-hetero) is 1. The first-order valence-electron chi connectivity index (χ1n) is 12.8. The SMILES string of the molecule is COc1ccc2c(c1)c(-c1cc3cccnc3[nH]1)cn2CC(=O)C1CCCCN1C1CCNCC1. The van der Waals surface area contributed by atoms with E-state index >= 15 is 0 Å². The van der Waals surface area contributed by atoms with Crippen LogP contribution in [0, 0.1) is 0 Å². The Bertz CT molecular complexity index is 1320. The summed E-state index contributed by atoms with van der Waals surface area (Å²) in [6.07, 6.45) is 9.48. The van der Waals surface area contributed by atoms with Crippen LogP contribution in [0.3, 0.4) is 0 Å². The van der Waals surface area contributed by atoms with Crippen molar-refractivity contribution in [1.29, 1.82) is 0 Å². The zero-order chi connectivity index (χ0) is 23.8. The lowest BCUT2D eigenvalue weighted by atomic mass is 9.93. The van der Waals surface area contributed by atoms with Crippen molar-refractivity contribution in [2.24, 2.45) is 0 Å². The van der Waals surface area contributed by atoms with Crippen LogP contribution in [0.5, 0.6) is 5.75 Å². The van der Waals surface area contributed by atoms with Crippen LogP contribution in [0.25, 0.3) is 33.2 Å². The number of H-pyrrole nitrogens is 1. The van der Waals surface area contributed by atoms with Crippen LogP contribution >= 0.6 is 0 Å². The van der Waals surface area contributed by atoms with Crippen LogP contribution in [-0.2, 0) is 11.3 Å². The molecule has 0 amide bonds. The number of methoxy groups -OCH3 is 1. The van der Waals surface area contributed by atoms with Gasteiger partial charge >= 0.3 is 0 Å². The number of carbonyl (C=O) groups excluding carboxylic acids is 1. The molecule has 0 spiro atoms. The molecule has 0 aliphatic carbocycles. The van der Waals surface area contributed by atoms with Crippen LogP contribution in [0.2, 0.25) is 0 Å². The summed E-state index contributed by atoms with van der Waals surface area (Å²) in [5, 5.41) is 5.60. The average Bonchev–Trinajstić information content (AvgIpc) is 3.50. The second-order valence-electron chi connectivity index (χ2n) is 9.87. The maximum Gasteiger partial charge on any atom is 0.169 e. The summed E-state index contributed by atoms with van der Waals surface area (Å²) in [7, 11) is 1.69. The van der Waals surface area contributed by atoms with Gasteiger partial charge in [0.25, 0.3) is 0 Å². The normalized spacial score (nSPS) is 20.0. The summed E-state index contributed by atoms with van der Waals surface area (Å²) in [5.74, 6) is 1.13. The fraction of sp³-hybridized carbons (Fsp3) is 0.429. The molecule has 0 saturated carbocycles. The van der Waals surface area contributed by atoms with Gasteiger partial charge in [0.2, 0.25) is 0 Å². The van der Waals surface area contributed by atoms with Crippen molar-refractivity contribution in [3.8, 4) is 17.0 Å². The number of carbonyl (C=O) groups is 1. The summed E-state index contributed by atoms with van der Waals surface area (Å²) in [6.45, 7) is 3.52. The third-order valence-corrected chi connectivity index (χ3v) is 7.79. The summed E-state index contributed by atoms with van der Waals surface area (Å²) < 4.78 is 7.65. The van der Waals surface area contributed by atoms with Gasteiger partial charge in [-0.3, -0.25) is 9.69 Å². The first-order chi connectivity index (χ1) is 17.2. The van der Waals surface area contributed by atoms with Gasteiger partial charge in [-0.1, -0.05) is 6.42 Å². The highest BCUT2D eigenvalue weighted by molar-refractivity contribution is 5.99. The predicted molar refractivity (Wildman–Crippen MR) is 139 cm³/mol. The number of aromatic nitrogens is 3. The van der Waals surface area contributed by atoms with Crippen molar-refractivity contribution in [3.63, 3.8) is 0 Å². The van der Waals surface area contributed by atoms with Crippen LogP contribution in [0.4, 0.5) is 0 Å². The smallest absolute Gasteiger partial charge is 0.169 e. The van der Waals surface area contributed by atoms with E-state index in [2.05, 4.69) is 55.2 Å². The lowest BCUT2D eigenvalue weighted by Gasteiger charge is -2.42. The number of benzene rings is 1. The minimum atomic E-state index is 0.0169. The molecule has 2 aliphatic rings. The van der Waals surface area contributed by atoms with E-state index in [0.29, 0.717) is 18.4 Å². The molecule has 35 heavy (non-hydrogen) atoms. The lowest BCUT2D eigenvalue weighted by molar-refractivity contribution is -0.127. The standard InChI is InChI=1S/C28H33N5O2/c1-35-21-7-8-25-22(16-21)23(24-15-19-5-4-11-30-28(19)31-24)17-32(25)18-27(34)26-6-2-3-14-33(26)20-9-12-29-13-10-20/h4-5,7-8,11,15-17,20,26,29H,2-3,6,9-10,12-14,18H2,1H3,(H,30,31). The Morgan fingerprint density at radius 2 is 2.03 bits per heavy atom. The summed E-state index contributed by atoms with van der Waals surface area (Å²) in [5.41, 5.74) is 3.97. The minimum absolute atomic E-state index is 0.0169. The van der Waals surface area contributed by atoms with E-state index in [1.165, 1.54) is 6.42 Å². The number of hydrogen-bond donors (Lipinski definition) is 2. The maximum absolute atomic E-state index is 13.8. The van der Waals surface area contributed by atoms with Crippen molar-refractivity contribution < 1.29 is 9.53 Å². The fourth-order valence-corrected chi connectivity index (χ4v) is 6.00. The number of aromatic amines is 1. The topological polar surface area (TPSA) is 75.2 Å². The van der Waals surface area contributed by atoms with Crippen LogP contribution in [-0.4, -0.2) is 64.0 Å². The number of pyridine rings is 1.